The first-order chi connectivity index (χ1) is 8.10. The second kappa shape index (κ2) is 6.61. The maximum Gasteiger partial charge on any atom is 0.374 e. The summed E-state index contributed by atoms with van der Waals surface area (Å²) in [7, 11) is 1.06. The molecular formula is C12H22O6. The van der Waals surface area contributed by atoms with E-state index in [4.69, 9.17) is 5.11 Å². The molecule has 0 aromatic rings. The third-order valence-electron chi connectivity index (χ3n) is 2.47. The van der Waals surface area contributed by atoms with Gasteiger partial charge in [-0.25, -0.2) is 4.79 Å². The Morgan fingerprint density at radius 2 is 1.72 bits per heavy atom. The lowest BCUT2D eigenvalue weighted by molar-refractivity contribution is -0.136. The highest BCUT2D eigenvalue weighted by Gasteiger charge is 2.28. The quantitative estimate of drug-likeness (QED) is 0.421. The van der Waals surface area contributed by atoms with E-state index in [1.54, 1.807) is 0 Å². The summed E-state index contributed by atoms with van der Waals surface area (Å²) in [6.07, 6.45) is -2.05. The van der Waals surface area contributed by atoms with Gasteiger partial charge < -0.3 is 25.2 Å². The molecule has 0 saturated carbocycles. The van der Waals surface area contributed by atoms with Gasteiger partial charge in [-0.2, -0.15) is 0 Å². The monoisotopic (exact) mass is 262 g/mol. The molecule has 0 spiro atoms. The predicted octanol–water partition coefficient (Wildman–Crippen LogP) is 1.04. The second-order valence-electron chi connectivity index (χ2n) is 5.34. The molecule has 0 bridgehead atoms. The van der Waals surface area contributed by atoms with Crippen molar-refractivity contribution in [3.8, 4) is 0 Å². The number of aliphatic hydroxyl groups is 3. The Kier molecular flexibility index (Phi) is 6.14. The van der Waals surface area contributed by atoms with E-state index >= 15 is 0 Å². The Morgan fingerprint density at radius 3 is 2.06 bits per heavy atom. The van der Waals surface area contributed by atoms with Crippen molar-refractivity contribution >= 4 is 5.97 Å². The smallest absolute Gasteiger partial charge is 0.374 e. The van der Waals surface area contributed by atoms with Crippen molar-refractivity contribution in [2.45, 2.75) is 45.8 Å². The molecule has 106 valence electrons. The Balaban J connectivity index is 4.72. The number of aliphatic hydroxyl groups excluding tert-OH is 3. The average molecular weight is 262 g/mol. The van der Waals surface area contributed by atoms with Crippen molar-refractivity contribution in [2.75, 3.05) is 7.11 Å². The topological polar surface area (TPSA) is 107 Å². The summed E-state index contributed by atoms with van der Waals surface area (Å²) in [5, 5.41) is 37.5. The maximum atomic E-state index is 10.7. The zero-order chi connectivity index (χ0) is 14.5. The van der Waals surface area contributed by atoms with Gasteiger partial charge in [0.05, 0.1) is 13.2 Å². The van der Waals surface area contributed by atoms with Crippen LogP contribution in [0.3, 0.4) is 0 Å². The zero-order valence-corrected chi connectivity index (χ0v) is 11.2. The van der Waals surface area contributed by atoms with Crippen LogP contribution in [0.4, 0.5) is 0 Å². The lowest BCUT2D eigenvalue weighted by Gasteiger charge is -2.23. The van der Waals surface area contributed by atoms with Crippen molar-refractivity contribution in [1.29, 1.82) is 0 Å². The first-order valence-electron chi connectivity index (χ1n) is 5.66. The van der Waals surface area contributed by atoms with Gasteiger partial charge >= 0.3 is 5.97 Å². The molecule has 0 rings (SSSR count). The molecular weight excluding hydrogens is 240 g/mol. The van der Waals surface area contributed by atoms with E-state index in [0.717, 1.165) is 7.11 Å². The molecule has 0 aliphatic carbocycles. The van der Waals surface area contributed by atoms with Gasteiger partial charge in [-0.3, -0.25) is 0 Å². The minimum atomic E-state index is -1.67. The van der Waals surface area contributed by atoms with E-state index < -0.39 is 29.7 Å². The van der Waals surface area contributed by atoms with Crippen molar-refractivity contribution < 1.29 is 30.0 Å². The third kappa shape index (κ3) is 5.37. The minimum Gasteiger partial charge on any atom is -0.506 e. The first kappa shape index (κ1) is 16.7. The fourth-order valence-corrected chi connectivity index (χ4v) is 1.36. The van der Waals surface area contributed by atoms with E-state index in [-0.39, 0.29) is 11.8 Å². The average Bonchev–Trinajstić information content (AvgIpc) is 2.24. The summed E-state index contributed by atoms with van der Waals surface area (Å²) in [4.78, 5) is 10.7. The Morgan fingerprint density at radius 1 is 1.22 bits per heavy atom. The van der Waals surface area contributed by atoms with Crippen molar-refractivity contribution in [1.82, 2.24) is 0 Å². The molecule has 0 aliphatic heterocycles. The number of hydrogen-bond acceptors (Lipinski definition) is 5. The van der Waals surface area contributed by atoms with Crippen LogP contribution in [0.15, 0.2) is 11.5 Å². The summed E-state index contributed by atoms with van der Waals surface area (Å²) in [6, 6.07) is 0. The second-order valence-corrected chi connectivity index (χ2v) is 5.34. The highest BCUT2D eigenvalue weighted by Crippen LogP contribution is 2.23. The van der Waals surface area contributed by atoms with E-state index in [1.807, 2.05) is 20.8 Å². The number of carbonyl (C=O) groups is 1. The van der Waals surface area contributed by atoms with Gasteiger partial charge in [0.25, 0.3) is 0 Å². The van der Waals surface area contributed by atoms with E-state index in [2.05, 4.69) is 4.74 Å². The maximum absolute atomic E-state index is 10.7. The number of carboxylic acids is 1. The lowest BCUT2D eigenvalue weighted by atomic mass is 9.88. The summed E-state index contributed by atoms with van der Waals surface area (Å²) in [5.41, 5.74) is -0.0308. The summed E-state index contributed by atoms with van der Waals surface area (Å²) < 4.78 is 4.45. The highest BCUT2D eigenvalue weighted by atomic mass is 16.5. The normalized spacial score (nSPS) is 16.8. The zero-order valence-electron chi connectivity index (χ0n) is 11.2. The minimum absolute atomic E-state index is 0.0308. The van der Waals surface area contributed by atoms with E-state index in [0.29, 0.717) is 6.42 Å². The predicted molar refractivity (Wildman–Crippen MR) is 65.0 cm³/mol. The van der Waals surface area contributed by atoms with Crippen LogP contribution in [-0.2, 0) is 9.53 Å². The first-order valence-corrected chi connectivity index (χ1v) is 5.66. The van der Waals surface area contributed by atoms with Gasteiger partial charge in [-0.15, -0.1) is 0 Å². The van der Waals surface area contributed by atoms with Gasteiger partial charge in [0, 0.05) is 0 Å². The number of ether oxygens (including phenoxy) is 1. The van der Waals surface area contributed by atoms with Gasteiger partial charge in [0.1, 0.15) is 6.10 Å². The molecule has 18 heavy (non-hydrogen) atoms. The van der Waals surface area contributed by atoms with Crippen LogP contribution in [0.5, 0.6) is 0 Å². The Labute approximate surface area is 107 Å². The fourth-order valence-electron chi connectivity index (χ4n) is 1.36. The van der Waals surface area contributed by atoms with Crippen molar-refractivity contribution in [3.63, 3.8) is 0 Å². The number of hydrogen-bond donors (Lipinski definition) is 4. The number of carboxylic acid groups (broad SMARTS) is 1. The SMILES string of the molecule is CO/C(C(=O)O)=C(/O)C(O)C(O)CCC(C)(C)C. The van der Waals surface area contributed by atoms with Gasteiger partial charge in [-0.1, -0.05) is 20.8 Å². The molecule has 0 aliphatic rings. The molecule has 6 heteroatoms. The fraction of sp³-hybridized carbons (Fsp3) is 0.750. The van der Waals surface area contributed by atoms with Crippen molar-refractivity contribution in [2.24, 2.45) is 5.41 Å². The summed E-state index contributed by atoms with van der Waals surface area (Å²) in [5.74, 6) is -3.14. The molecule has 0 fully saturated rings. The van der Waals surface area contributed by atoms with Crippen LogP contribution in [0.1, 0.15) is 33.6 Å². The van der Waals surface area contributed by atoms with E-state index in [9.17, 15) is 20.1 Å². The van der Waals surface area contributed by atoms with Gasteiger partial charge in [0.2, 0.25) is 5.76 Å². The molecule has 0 radical (unpaired) electrons. The summed E-state index contributed by atoms with van der Waals surface area (Å²) >= 11 is 0. The van der Waals surface area contributed by atoms with Crippen LogP contribution >= 0.6 is 0 Å². The molecule has 0 heterocycles. The van der Waals surface area contributed by atoms with Crippen LogP contribution < -0.4 is 0 Å². The largest absolute Gasteiger partial charge is 0.506 e. The number of rotatable bonds is 6. The molecule has 6 nitrogen and oxygen atoms in total. The molecule has 2 atom stereocenters. The van der Waals surface area contributed by atoms with Gasteiger partial charge in [-0.05, 0) is 18.3 Å². The third-order valence-corrected chi connectivity index (χ3v) is 2.47. The van der Waals surface area contributed by atoms with Crippen LogP contribution in [-0.4, -0.2) is 45.7 Å². The lowest BCUT2D eigenvalue weighted by Crippen LogP contribution is -2.31. The molecule has 2 unspecified atom stereocenters. The Hall–Kier alpha value is -1.27. The number of aliphatic carboxylic acids is 1. The molecule has 0 amide bonds. The highest BCUT2D eigenvalue weighted by molar-refractivity contribution is 5.84. The molecule has 0 aromatic heterocycles. The van der Waals surface area contributed by atoms with Crippen LogP contribution in [0, 0.1) is 5.41 Å². The number of methoxy groups -OCH3 is 1. The van der Waals surface area contributed by atoms with Crippen molar-refractivity contribution in [3.05, 3.63) is 11.5 Å². The molecule has 0 aromatic carbocycles. The summed E-state index contributed by atoms with van der Waals surface area (Å²) in [6.45, 7) is 5.92. The van der Waals surface area contributed by atoms with Crippen LogP contribution in [0.2, 0.25) is 0 Å². The van der Waals surface area contributed by atoms with Gasteiger partial charge in [0.15, 0.2) is 5.76 Å². The standard InChI is InChI=1S/C12H22O6/c1-12(2,3)6-5-7(13)8(14)9(15)10(18-4)11(16)17/h7-8,13-15H,5-6H2,1-4H3,(H,16,17)/b10-9+. The Bertz CT molecular complexity index is 315. The van der Waals surface area contributed by atoms with Crippen LogP contribution in [0.25, 0.3) is 0 Å². The molecule has 0 saturated heterocycles. The molecule has 4 N–H and O–H groups in total. The van der Waals surface area contributed by atoms with E-state index in [1.165, 1.54) is 0 Å².